The molecular formula is C14H23N3. The van der Waals surface area contributed by atoms with Crippen molar-refractivity contribution >= 4 is 5.69 Å². The molecule has 0 bridgehead atoms. The molecule has 0 amide bonds. The highest BCUT2D eigenvalue weighted by atomic mass is 15.2. The van der Waals surface area contributed by atoms with Crippen molar-refractivity contribution in [3.63, 3.8) is 0 Å². The van der Waals surface area contributed by atoms with Gasteiger partial charge >= 0.3 is 0 Å². The van der Waals surface area contributed by atoms with Gasteiger partial charge in [-0.05, 0) is 37.9 Å². The van der Waals surface area contributed by atoms with Gasteiger partial charge in [-0.25, -0.2) is 0 Å². The number of nitrogens with one attached hydrogen (secondary N) is 1. The minimum atomic E-state index is 0.581. The maximum Gasteiger partial charge on any atom is 0.0605 e. The SMILES string of the molecule is Cc1ncccc1N1CCCNC(C(C)C)C1. The summed E-state index contributed by atoms with van der Waals surface area (Å²) in [6, 6.07) is 4.80. The van der Waals surface area contributed by atoms with Crippen molar-refractivity contribution in [2.75, 3.05) is 24.5 Å². The molecule has 0 aliphatic carbocycles. The Labute approximate surface area is 104 Å². The smallest absolute Gasteiger partial charge is 0.0605 e. The lowest BCUT2D eigenvalue weighted by Crippen LogP contribution is -2.41. The molecule has 94 valence electrons. The van der Waals surface area contributed by atoms with Crippen LogP contribution in [0.2, 0.25) is 0 Å². The second kappa shape index (κ2) is 5.50. The first-order valence-electron chi connectivity index (χ1n) is 6.58. The predicted molar refractivity (Wildman–Crippen MR) is 72.4 cm³/mol. The van der Waals surface area contributed by atoms with Crippen LogP contribution in [0.25, 0.3) is 0 Å². The van der Waals surface area contributed by atoms with Crippen LogP contribution in [-0.2, 0) is 0 Å². The molecule has 3 nitrogen and oxygen atoms in total. The van der Waals surface area contributed by atoms with Gasteiger partial charge in [0.2, 0.25) is 0 Å². The Morgan fingerprint density at radius 2 is 2.29 bits per heavy atom. The van der Waals surface area contributed by atoms with E-state index in [4.69, 9.17) is 0 Å². The lowest BCUT2D eigenvalue weighted by atomic mass is 10.0. The highest BCUT2D eigenvalue weighted by Crippen LogP contribution is 2.20. The van der Waals surface area contributed by atoms with E-state index < -0.39 is 0 Å². The average molecular weight is 233 g/mol. The second-order valence-corrected chi connectivity index (χ2v) is 5.21. The van der Waals surface area contributed by atoms with Gasteiger partial charge < -0.3 is 10.2 Å². The molecule has 1 atom stereocenters. The lowest BCUT2D eigenvalue weighted by molar-refractivity contribution is 0.420. The largest absolute Gasteiger partial charge is 0.368 e. The summed E-state index contributed by atoms with van der Waals surface area (Å²) >= 11 is 0. The Morgan fingerprint density at radius 1 is 1.47 bits per heavy atom. The number of pyridine rings is 1. The van der Waals surface area contributed by atoms with Gasteiger partial charge in [-0.2, -0.15) is 0 Å². The molecule has 1 unspecified atom stereocenters. The third-order valence-corrected chi connectivity index (χ3v) is 3.55. The number of nitrogens with zero attached hydrogens (tertiary/aromatic N) is 2. The van der Waals surface area contributed by atoms with Gasteiger partial charge in [-0.3, -0.25) is 4.98 Å². The van der Waals surface area contributed by atoms with Gasteiger partial charge in [0.1, 0.15) is 0 Å². The van der Waals surface area contributed by atoms with E-state index in [1.165, 1.54) is 12.1 Å². The van der Waals surface area contributed by atoms with E-state index >= 15 is 0 Å². The Hall–Kier alpha value is -1.09. The molecule has 1 fully saturated rings. The third-order valence-electron chi connectivity index (χ3n) is 3.55. The van der Waals surface area contributed by atoms with Gasteiger partial charge in [-0.1, -0.05) is 13.8 Å². The van der Waals surface area contributed by atoms with Crippen LogP contribution in [0, 0.1) is 12.8 Å². The fraction of sp³-hybridized carbons (Fsp3) is 0.643. The molecule has 0 radical (unpaired) electrons. The molecule has 1 aromatic heterocycles. The summed E-state index contributed by atoms with van der Waals surface area (Å²) in [5.74, 6) is 0.674. The number of anilines is 1. The molecular weight excluding hydrogens is 210 g/mol. The molecule has 2 heterocycles. The molecule has 0 aromatic carbocycles. The van der Waals surface area contributed by atoms with E-state index in [1.54, 1.807) is 0 Å². The first-order chi connectivity index (χ1) is 8.18. The number of rotatable bonds is 2. The highest BCUT2D eigenvalue weighted by Gasteiger charge is 2.21. The summed E-state index contributed by atoms with van der Waals surface area (Å²) in [4.78, 5) is 6.87. The van der Waals surface area contributed by atoms with Gasteiger partial charge in [0.25, 0.3) is 0 Å². The van der Waals surface area contributed by atoms with E-state index in [2.05, 4.69) is 42.0 Å². The Kier molecular flexibility index (Phi) is 4.00. The van der Waals surface area contributed by atoms with Crippen LogP contribution in [0.3, 0.4) is 0 Å². The summed E-state index contributed by atoms with van der Waals surface area (Å²) in [7, 11) is 0. The van der Waals surface area contributed by atoms with E-state index in [9.17, 15) is 0 Å². The minimum absolute atomic E-state index is 0.581. The molecule has 1 aliphatic heterocycles. The third kappa shape index (κ3) is 2.97. The van der Waals surface area contributed by atoms with Gasteiger partial charge in [0.05, 0.1) is 11.4 Å². The van der Waals surface area contributed by atoms with Crippen molar-refractivity contribution in [2.45, 2.75) is 33.2 Å². The maximum atomic E-state index is 4.39. The highest BCUT2D eigenvalue weighted by molar-refractivity contribution is 5.50. The molecule has 2 rings (SSSR count). The molecule has 1 aromatic rings. The summed E-state index contributed by atoms with van der Waals surface area (Å²) in [5, 5.41) is 3.64. The standard InChI is InChI=1S/C14H23N3/c1-11(2)13-10-17(9-5-8-16-13)14-6-4-7-15-12(14)3/h4,6-7,11,13,16H,5,8-10H2,1-3H3. The van der Waals surface area contributed by atoms with Crippen LogP contribution in [-0.4, -0.2) is 30.7 Å². The van der Waals surface area contributed by atoms with E-state index in [1.807, 2.05) is 12.3 Å². The van der Waals surface area contributed by atoms with Crippen molar-refractivity contribution in [1.29, 1.82) is 0 Å². The molecule has 0 spiro atoms. The van der Waals surface area contributed by atoms with Crippen LogP contribution in [0.5, 0.6) is 0 Å². The predicted octanol–water partition coefficient (Wildman–Crippen LogP) is 2.21. The quantitative estimate of drug-likeness (QED) is 0.849. The maximum absolute atomic E-state index is 4.39. The molecule has 1 N–H and O–H groups in total. The van der Waals surface area contributed by atoms with Crippen molar-refractivity contribution in [1.82, 2.24) is 10.3 Å². The molecule has 1 aliphatic rings. The van der Waals surface area contributed by atoms with E-state index in [0.717, 1.165) is 25.3 Å². The van der Waals surface area contributed by atoms with Crippen LogP contribution >= 0.6 is 0 Å². The normalized spacial score (nSPS) is 21.6. The van der Waals surface area contributed by atoms with Gasteiger partial charge in [0.15, 0.2) is 0 Å². The second-order valence-electron chi connectivity index (χ2n) is 5.21. The van der Waals surface area contributed by atoms with Crippen molar-refractivity contribution in [2.24, 2.45) is 5.92 Å². The summed E-state index contributed by atoms with van der Waals surface area (Å²) < 4.78 is 0. The summed E-state index contributed by atoms with van der Waals surface area (Å²) in [6.45, 7) is 10.0. The number of hydrogen-bond donors (Lipinski definition) is 1. The Morgan fingerprint density at radius 3 is 3.00 bits per heavy atom. The zero-order valence-electron chi connectivity index (χ0n) is 11.1. The van der Waals surface area contributed by atoms with Crippen molar-refractivity contribution in [3.8, 4) is 0 Å². The van der Waals surface area contributed by atoms with Gasteiger partial charge in [-0.15, -0.1) is 0 Å². The first kappa shape index (κ1) is 12.4. The zero-order chi connectivity index (χ0) is 12.3. The monoisotopic (exact) mass is 233 g/mol. The van der Waals surface area contributed by atoms with Crippen molar-refractivity contribution in [3.05, 3.63) is 24.0 Å². The van der Waals surface area contributed by atoms with Crippen LogP contribution in [0.1, 0.15) is 26.0 Å². The minimum Gasteiger partial charge on any atom is -0.368 e. The lowest BCUT2D eigenvalue weighted by Gasteiger charge is -2.29. The fourth-order valence-electron chi connectivity index (χ4n) is 2.43. The van der Waals surface area contributed by atoms with Gasteiger partial charge in [0, 0.05) is 25.3 Å². The fourth-order valence-corrected chi connectivity index (χ4v) is 2.43. The van der Waals surface area contributed by atoms with E-state index in [0.29, 0.717) is 12.0 Å². The van der Waals surface area contributed by atoms with E-state index in [-0.39, 0.29) is 0 Å². The average Bonchev–Trinajstić information content (AvgIpc) is 2.55. The molecule has 0 saturated carbocycles. The summed E-state index contributed by atoms with van der Waals surface area (Å²) in [5.41, 5.74) is 2.43. The first-order valence-corrected chi connectivity index (χ1v) is 6.58. The van der Waals surface area contributed by atoms with Crippen molar-refractivity contribution < 1.29 is 0 Å². The topological polar surface area (TPSA) is 28.2 Å². The van der Waals surface area contributed by atoms with Crippen LogP contribution < -0.4 is 10.2 Å². The number of hydrogen-bond acceptors (Lipinski definition) is 3. The number of aryl methyl sites for hydroxylation is 1. The molecule has 3 heteroatoms. The Bertz CT molecular complexity index is 362. The Balaban J connectivity index is 2.17. The molecule has 17 heavy (non-hydrogen) atoms. The van der Waals surface area contributed by atoms with Crippen LogP contribution in [0.4, 0.5) is 5.69 Å². The van der Waals surface area contributed by atoms with Crippen LogP contribution in [0.15, 0.2) is 18.3 Å². The number of aromatic nitrogens is 1. The zero-order valence-corrected chi connectivity index (χ0v) is 11.1. The summed E-state index contributed by atoms with van der Waals surface area (Å²) in [6.07, 6.45) is 3.08. The molecule has 1 saturated heterocycles.